The molecular weight excluding hydrogens is 236 g/mol. The lowest BCUT2D eigenvalue weighted by molar-refractivity contribution is 0.0893. The highest BCUT2D eigenvalue weighted by Crippen LogP contribution is 2.29. The molecule has 1 fully saturated rings. The van der Waals surface area contributed by atoms with Crippen LogP contribution >= 0.6 is 11.3 Å². The van der Waals surface area contributed by atoms with Gasteiger partial charge in [0, 0.05) is 20.2 Å². The molecule has 2 heterocycles. The Morgan fingerprint density at radius 2 is 2.41 bits per heavy atom. The summed E-state index contributed by atoms with van der Waals surface area (Å²) >= 11 is 1.61. The largest absolute Gasteiger partial charge is 0.391 e. The lowest BCUT2D eigenvalue weighted by Crippen LogP contribution is -2.39. The predicted molar refractivity (Wildman–Crippen MR) is 69.7 cm³/mol. The first-order chi connectivity index (χ1) is 8.28. The molecule has 4 nitrogen and oxygen atoms in total. The standard InChI is InChI=1S/C12H20N2O2S/c1-3-10-11(8-15)17-12(13-10)14-6-4-5-9(7-14)16-2/h9,15H,3-8H2,1-2H3. The van der Waals surface area contributed by atoms with Gasteiger partial charge in [0.05, 0.1) is 23.3 Å². The Balaban J connectivity index is 2.13. The molecule has 0 aliphatic carbocycles. The van der Waals surface area contributed by atoms with E-state index in [0.29, 0.717) is 6.10 Å². The molecule has 1 aromatic heterocycles. The van der Waals surface area contributed by atoms with Gasteiger partial charge in [-0.3, -0.25) is 0 Å². The van der Waals surface area contributed by atoms with E-state index in [1.165, 1.54) is 0 Å². The van der Waals surface area contributed by atoms with Gasteiger partial charge in [-0.25, -0.2) is 4.98 Å². The minimum absolute atomic E-state index is 0.0996. The van der Waals surface area contributed by atoms with Crippen molar-refractivity contribution in [1.29, 1.82) is 0 Å². The number of rotatable bonds is 4. The van der Waals surface area contributed by atoms with Crippen LogP contribution in [0, 0.1) is 0 Å². The van der Waals surface area contributed by atoms with Crippen LogP contribution < -0.4 is 4.90 Å². The minimum Gasteiger partial charge on any atom is -0.391 e. The summed E-state index contributed by atoms with van der Waals surface area (Å²) in [6, 6.07) is 0. The van der Waals surface area contributed by atoms with Gasteiger partial charge in [0.2, 0.25) is 0 Å². The Morgan fingerprint density at radius 3 is 3.00 bits per heavy atom. The van der Waals surface area contributed by atoms with E-state index in [0.717, 1.165) is 48.1 Å². The van der Waals surface area contributed by atoms with Crippen molar-refractivity contribution in [2.45, 2.75) is 38.9 Å². The molecule has 0 aromatic carbocycles. The van der Waals surface area contributed by atoms with Crippen LogP contribution in [0.15, 0.2) is 0 Å². The van der Waals surface area contributed by atoms with E-state index in [1.807, 2.05) is 0 Å². The van der Waals surface area contributed by atoms with Crippen LogP contribution in [0.25, 0.3) is 0 Å². The van der Waals surface area contributed by atoms with Crippen molar-refractivity contribution in [3.63, 3.8) is 0 Å². The zero-order valence-corrected chi connectivity index (χ0v) is 11.3. The van der Waals surface area contributed by atoms with E-state index in [1.54, 1.807) is 18.4 Å². The van der Waals surface area contributed by atoms with E-state index < -0.39 is 0 Å². The number of aryl methyl sites for hydroxylation is 1. The molecule has 1 atom stereocenters. The minimum atomic E-state index is 0.0996. The number of aromatic nitrogens is 1. The number of anilines is 1. The lowest BCUT2D eigenvalue weighted by Gasteiger charge is -2.31. The number of piperidine rings is 1. The molecule has 2 rings (SSSR count). The van der Waals surface area contributed by atoms with Crippen LogP contribution in [0.5, 0.6) is 0 Å². The maximum absolute atomic E-state index is 9.29. The smallest absolute Gasteiger partial charge is 0.185 e. The van der Waals surface area contributed by atoms with Crippen molar-refractivity contribution >= 4 is 16.5 Å². The summed E-state index contributed by atoms with van der Waals surface area (Å²) in [6.45, 7) is 4.13. The van der Waals surface area contributed by atoms with Crippen molar-refractivity contribution in [3.05, 3.63) is 10.6 Å². The fourth-order valence-corrected chi connectivity index (χ4v) is 3.25. The van der Waals surface area contributed by atoms with E-state index in [4.69, 9.17) is 4.74 Å². The Morgan fingerprint density at radius 1 is 1.59 bits per heavy atom. The quantitative estimate of drug-likeness (QED) is 0.892. The molecule has 1 aliphatic rings. The molecule has 0 saturated carbocycles. The Labute approximate surface area is 106 Å². The first-order valence-corrected chi connectivity index (χ1v) is 6.97. The Hall–Kier alpha value is -0.650. The highest BCUT2D eigenvalue weighted by Gasteiger charge is 2.22. The summed E-state index contributed by atoms with van der Waals surface area (Å²) in [7, 11) is 1.77. The first kappa shape index (κ1) is 12.8. The maximum atomic E-state index is 9.29. The van der Waals surface area contributed by atoms with Gasteiger partial charge < -0.3 is 14.7 Å². The summed E-state index contributed by atoms with van der Waals surface area (Å²) in [6.07, 6.45) is 3.48. The van der Waals surface area contributed by atoms with Crippen molar-refractivity contribution < 1.29 is 9.84 Å². The van der Waals surface area contributed by atoms with Gasteiger partial charge in [-0.2, -0.15) is 0 Å². The predicted octanol–water partition coefficient (Wildman–Crippen LogP) is 1.81. The van der Waals surface area contributed by atoms with Crippen molar-refractivity contribution in [3.8, 4) is 0 Å². The second-order valence-electron chi connectivity index (χ2n) is 4.32. The van der Waals surface area contributed by atoms with Gasteiger partial charge in [-0.15, -0.1) is 0 Å². The molecule has 1 N–H and O–H groups in total. The number of aliphatic hydroxyl groups is 1. The zero-order chi connectivity index (χ0) is 12.3. The number of nitrogens with zero attached hydrogens (tertiary/aromatic N) is 2. The number of hydrogen-bond donors (Lipinski definition) is 1. The van der Waals surface area contributed by atoms with Crippen LogP contribution in [0.3, 0.4) is 0 Å². The zero-order valence-electron chi connectivity index (χ0n) is 10.5. The third-order valence-electron chi connectivity index (χ3n) is 3.23. The summed E-state index contributed by atoms with van der Waals surface area (Å²) in [4.78, 5) is 7.90. The second kappa shape index (κ2) is 5.80. The molecule has 17 heavy (non-hydrogen) atoms. The molecular formula is C12H20N2O2S. The van der Waals surface area contributed by atoms with Crippen molar-refractivity contribution in [2.24, 2.45) is 0 Å². The summed E-state index contributed by atoms with van der Waals surface area (Å²) in [5.74, 6) is 0. The molecule has 1 unspecified atom stereocenters. The van der Waals surface area contributed by atoms with Gasteiger partial charge in [-0.1, -0.05) is 18.3 Å². The molecule has 1 saturated heterocycles. The van der Waals surface area contributed by atoms with Crippen LogP contribution in [0.2, 0.25) is 0 Å². The van der Waals surface area contributed by atoms with Gasteiger partial charge in [0.25, 0.3) is 0 Å². The fourth-order valence-electron chi connectivity index (χ4n) is 2.21. The monoisotopic (exact) mass is 256 g/mol. The average Bonchev–Trinajstić information content (AvgIpc) is 2.82. The average molecular weight is 256 g/mol. The third kappa shape index (κ3) is 2.78. The highest BCUT2D eigenvalue weighted by atomic mass is 32.1. The number of methoxy groups -OCH3 is 1. The molecule has 96 valence electrons. The van der Waals surface area contributed by atoms with Crippen LogP contribution in [-0.2, 0) is 17.8 Å². The summed E-state index contributed by atoms with van der Waals surface area (Å²) in [5.41, 5.74) is 1.03. The normalized spacial score (nSPS) is 20.9. The molecule has 0 radical (unpaired) electrons. The van der Waals surface area contributed by atoms with Gasteiger partial charge in [0.1, 0.15) is 0 Å². The Kier molecular flexibility index (Phi) is 4.36. The van der Waals surface area contributed by atoms with Crippen molar-refractivity contribution in [1.82, 2.24) is 4.98 Å². The number of ether oxygens (including phenoxy) is 1. The second-order valence-corrected chi connectivity index (χ2v) is 5.39. The molecule has 0 bridgehead atoms. The van der Waals surface area contributed by atoms with Crippen LogP contribution in [-0.4, -0.2) is 36.4 Å². The van der Waals surface area contributed by atoms with E-state index in [-0.39, 0.29) is 6.61 Å². The van der Waals surface area contributed by atoms with Gasteiger partial charge in [0.15, 0.2) is 5.13 Å². The van der Waals surface area contributed by atoms with E-state index in [9.17, 15) is 5.11 Å². The molecule has 0 amide bonds. The molecule has 1 aliphatic heterocycles. The van der Waals surface area contributed by atoms with Gasteiger partial charge in [-0.05, 0) is 19.3 Å². The third-order valence-corrected chi connectivity index (χ3v) is 4.37. The number of aliphatic hydroxyl groups excluding tert-OH is 1. The molecule has 0 spiro atoms. The SMILES string of the molecule is CCc1nc(N2CCCC(OC)C2)sc1CO. The Bertz CT molecular complexity index is 346. The van der Waals surface area contributed by atoms with E-state index in [2.05, 4.69) is 16.8 Å². The fraction of sp³-hybridized carbons (Fsp3) is 0.750. The highest BCUT2D eigenvalue weighted by molar-refractivity contribution is 7.15. The van der Waals surface area contributed by atoms with Gasteiger partial charge >= 0.3 is 0 Å². The lowest BCUT2D eigenvalue weighted by atomic mass is 10.1. The van der Waals surface area contributed by atoms with Crippen LogP contribution in [0.4, 0.5) is 5.13 Å². The first-order valence-electron chi connectivity index (χ1n) is 6.15. The molecule has 5 heteroatoms. The summed E-state index contributed by atoms with van der Waals surface area (Å²) < 4.78 is 5.42. The maximum Gasteiger partial charge on any atom is 0.185 e. The number of hydrogen-bond acceptors (Lipinski definition) is 5. The topological polar surface area (TPSA) is 45.6 Å². The summed E-state index contributed by atoms with van der Waals surface area (Å²) in [5, 5.41) is 10.3. The van der Waals surface area contributed by atoms with E-state index >= 15 is 0 Å². The van der Waals surface area contributed by atoms with Crippen molar-refractivity contribution in [2.75, 3.05) is 25.1 Å². The van der Waals surface area contributed by atoms with Crippen LogP contribution in [0.1, 0.15) is 30.3 Å². The molecule has 1 aromatic rings. The number of thiazole rings is 1.